The Labute approximate surface area is 81.5 Å². The molecule has 0 aromatic rings. The monoisotopic (exact) mass is 185 g/mol. The van der Waals surface area contributed by atoms with Crippen LogP contribution >= 0.6 is 0 Å². The minimum absolute atomic E-state index is 0.175. The molecular formula is C11H23NO. The highest BCUT2D eigenvalue weighted by molar-refractivity contribution is 4.71. The van der Waals surface area contributed by atoms with E-state index in [2.05, 4.69) is 0 Å². The topological polar surface area (TPSA) is 46.2 Å². The van der Waals surface area contributed by atoms with E-state index in [-0.39, 0.29) is 12.0 Å². The Kier molecular flexibility index (Phi) is 4.74. The minimum Gasteiger partial charge on any atom is -0.393 e. The Balaban J connectivity index is 2.10. The molecule has 2 nitrogen and oxygen atoms in total. The second-order valence-corrected chi connectivity index (χ2v) is 4.51. The zero-order valence-electron chi connectivity index (χ0n) is 8.71. The third kappa shape index (κ3) is 3.65. The predicted molar refractivity (Wildman–Crippen MR) is 55.4 cm³/mol. The molecule has 1 saturated carbocycles. The number of hydrogen-bond donors (Lipinski definition) is 2. The molecule has 0 bridgehead atoms. The molecule has 2 atom stereocenters. The van der Waals surface area contributed by atoms with Crippen molar-refractivity contribution in [1.82, 2.24) is 0 Å². The molecule has 0 spiro atoms. The Morgan fingerprint density at radius 3 is 2.54 bits per heavy atom. The van der Waals surface area contributed by atoms with E-state index in [0.717, 1.165) is 12.3 Å². The van der Waals surface area contributed by atoms with Crippen LogP contribution in [-0.4, -0.2) is 17.8 Å². The van der Waals surface area contributed by atoms with Gasteiger partial charge in [0.15, 0.2) is 0 Å². The first-order valence-electron chi connectivity index (χ1n) is 5.62. The lowest BCUT2D eigenvalue weighted by molar-refractivity contribution is 0.104. The minimum atomic E-state index is -0.175. The summed E-state index contributed by atoms with van der Waals surface area (Å²) >= 11 is 0. The van der Waals surface area contributed by atoms with Crippen molar-refractivity contribution in [2.45, 2.75) is 51.6 Å². The van der Waals surface area contributed by atoms with Crippen molar-refractivity contribution in [3.63, 3.8) is 0 Å². The fourth-order valence-corrected chi connectivity index (χ4v) is 2.15. The smallest absolute Gasteiger partial charge is 0.0577 e. The SMILES string of the molecule is CC(CN)C(O)CCC1CCCC1. The zero-order valence-corrected chi connectivity index (χ0v) is 8.71. The van der Waals surface area contributed by atoms with Gasteiger partial charge in [0, 0.05) is 0 Å². The molecule has 78 valence electrons. The summed E-state index contributed by atoms with van der Waals surface area (Å²) in [4.78, 5) is 0. The average Bonchev–Trinajstić information content (AvgIpc) is 2.65. The summed E-state index contributed by atoms with van der Waals surface area (Å²) in [6.07, 6.45) is 7.52. The van der Waals surface area contributed by atoms with Gasteiger partial charge in [-0.15, -0.1) is 0 Å². The molecule has 1 rings (SSSR count). The summed E-state index contributed by atoms with van der Waals surface area (Å²) < 4.78 is 0. The second kappa shape index (κ2) is 5.61. The van der Waals surface area contributed by atoms with E-state index in [4.69, 9.17) is 5.73 Å². The maximum atomic E-state index is 9.70. The van der Waals surface area contributed by atoms with Gasteiger partial charge < -0.3 is 10.8 Å². The Morgan fingerprint density at radius 1 is 1.38 bits per heavy atom. The van der Waals surface area contributed by atoms with Crippen LogP contribution in [0.25, 0.3) is 0 Å². The Morgan fingerprint density at radius 2 is 2.00 bits per heavy atom. The van der Waals surface area contributed by atoms with E-state index < -0.39 is 0 Å². The maximum absolute atomic E-state index is 9.70. The van der Waals surface area contributed by atoms with Crippen LogP contribution < -0.4 is 5.73 Å². The summed E-state index contributed by atoms with van der Waals surface area (Å²) in [7, 11) is 0. The van der Waals surface area contributed by atoms with Crippen molar-refractivity contribution in [1.29, 1.82) is 0 Å². The zero-order chi connectivity index (χ0) is 9.68. The molecule has 0 radical (unpaired) electrons. The molecule has 2 heteroatoms. The van der Waals surface area contributed by atoms with Crippen molar-refractivity contribution in [3.8, 4) is 0 Å². The van der Waals surface area contributed by atoms with Gasteiger partial charge in [0.1, 0.15) is 0 Å². The van der Waals surface area contributed by atoms with Gasteiger partial charge in [-0.05, 0) is 31.2 Å². The van der Waals surface area contributed by atoms with Crippen LogP contribution in [0.4, 0.5) is 0 Å². The predicted octanol–water partition coefficient (Wildman–Crippen LogP) is 1.91. The lowest BCUT2D eigenvalue weighted by Gasteiger charge is -2.18. The maximum Gasteiger partial charge on any atom is 0.0577 e. The first-order chi connectivity index (χ1) is 6.24. The van der Waals surface area contributed by atoms with Crippen LogP contribution in [0.5, 0.6) is 0 Å². The van der Waals surface area contributed by atoms with Crippen molar-refractivity contribution in [3.05, 3.63) is 0 Å². The van der Waals surface area contributed by atoms with Crippen LogP contribution in [0.15, 0.2) is 0 Å². The number of hydrogen-bond acceptors (Lipinski definition) is 2. The number of aliphatic hydroxyl groups is 1. The largest absolute Gasteiger partial charge is 0.393 e. The molecule has 0 heterocycles. The third-order valence-electron chi connectivity index (χ3n) is 3.37. The van der Waals surface area contributed by atoms with Crippen LogP contribution in [-0.2, 0) is 0 Å². The van der Waals surface area contributed by atoms with Gasteiger partial charge in [0.05, 0.1) is 6.10 Å². The number of rotatable bonds is 5. The summed E-state index contributed by atoms with van der Waals surface area (Å²) in [5.74, 6) is 1.15. The van der Waals surface area contributed by atoms with Crippen molar-refractivity contribution in [2.75, 3.05) is 6.54 Å². The molecule has 0 aromatic carbocycles. The van der Waals surface area contributed by atoms with Gasteiger partial charge in [-0.25, -0.2) is 0 Å². The van der Waals surface area contributed by atoms with E-state index in [1.54, 1.807) is 0 Å². The van der Waals surface area contributed by atoms with Gasteiger partial charge in [-0.2, -0.15) is 0 Å². The lowest BCUT2D eigenvalue weighted by Crippen LogP contribution is -2.25. The molecule has 2 unspecified atom stereocenters. The van der Waals surface area contributed by atoms with E-state index in [1.165, 1.54) is 32.1 Å². The third-order valence-corrected chi connectivity index (χ3v) is 3.37. The average molecular weight is 185 g/mol. The van der Waals surface area contributed by atoms with E-state index >= 15 is 0 Å². The molecule has 13 heavy (non-hydrogen) atoms. The quantitative estimate of drug-likeness (QED) is 0.687. The van der Waals surface area contributed by atoms with E-state index in [0.29, 0.717) is 6.54 Å². The fraction of sp³-hybridized carbons (Fsp3) is 1.00. The molecule has 0 saturated heterocycles. The summed E-state index contributed by atoms with van der Waals surface area (Å²) in [6, 6.07) is 0. The molecule has 0 aliphatic heterocycles. The molecule has 1 aliphatic rings. The molecule has 0 amide bonds. The number of aliphatic hydroxyl groups excluding tert-OH is 1. The van der Waals surface area contributed by atoms with Crippen molar-refractivity contribution < 1.29 is 5.11 Å². The first kappa shape index (κ1) is 11.0. The highest BCUT2D eigenvalue weighted by Crippen LogP contribution is 2.29. The van der Waals surface area contributed by atoms with Crippen molar-refractivity contribution in [2.24, 2.45) is 17.6 Å². The molecule has 1 fully saturated rings. The highest BCUT2D eigenvalue weighted by Gasteiger charge is 2.18. The Bertz CT molecular complexity index is 132. The van der Waals surface area contributed by atoms with Gasteiger partial charge in [-0.3, -0.25) is 0 Å². The summed E-state index contributed by atoms with van der Waals surface area (Å²) in [5, 5.41) is 9.70. The van der Waals surface area contributed by atoms with Crippen LogP contribution in [0, 0.1) is 11.8 Å². The van der Waals surface area contributed by atoms with Gasteiger partial charge in [0.25, 0.3) is 0 Å². The van der Waals surface area contributed by atoms with Crippen LogP contribution in [0.2, 0.25) is 0 Å². The van der Waals surface area contributed by atoms with Gasteiger partial charge in [0.2, 0.25) is 0 Å². The molecule has 3 N–H and O–H groups in total. The summed E-state index contributed by atoms with van der Waals surface area (Å²) in [6.45, 7) is 2.63. The second-order valence-electron chi connectivity index (χ2n) is 4.51. The van der Waals surface area contributed by atoms with Crippen LogP contribution in [0.1, 0.15) is 45.4 Å². The first-order valence-corrected chi connectivity index (χ1v) is 5.62. The summed E-state index contributed by atoms with van der Waals surface area (Å²) in [5.41, 5.74) is 5.50. The normalized spacial score (nSPS) is 23.3. The van der Waals surface area contributed by atoms with Crippen LogP contribution in [0.3, 0.4) is 0 Å². The van der Waals surface area contributed by atoms with E-state index in [1.807, 2.05) is 6.92 Å². The van der Waals surface area contributed by atoms with Gasteiger partial charge >= 0.3 is 0 Å². The molecule has 1 aliphatic carbocycles. The highest BCUT2D eigenvalue weighted by atomic mass is 16.3. The standard InChI is InChI=1S/C11H23NO/c1-9(8-12)11(13)7-6-10-4-2-3-5-10/h9-11,13H,2-8,12H2,1H3. The fourth-order valence-electron chi connectivity index (χ4n) is 2.15. The molecule has 0 aromatic heterocycles. The van der Waals surface area contributed by atoms with E-state index in [9.17, 15) is 5.11 Å². The number of nitrogens with two attached hydrogens (primary N) is 1. The Hall–Kier alpha value is -0.0800. The van der Waals surface area contributed by atoms with Crippen molar-refractivity contribution >= 4 is 0 Å². The molecular weight excluding hydrogens is 162 g/mol. The van der Waals surface area contributed by atoms with Gasteiger partial charge in [-0.1, -0.05) is 32.6 Å². The lowest BCUT2D eigenvalue weighted by atomic mass is 9.94.